The van der Waals surface area contributed by atoms with Crippen LogP contribution in [0.3, 0.4) is 0 Å². The van der Waals surface area contributed by atoms with Gasteiger partial charge in [0.25, 0.3) is 5.16 Å². The number of hydrogen-bond acceptors (Lipinski definition) is 2. The third-order valence-corrected chi connectivity index (χ3v) is 0.806. The molecule has 0 aliphatic heterocycles. The highest BCUT2D eigenvalue weighted by Crippen LogP contribution is 2.08. The molecule has 0 amide bonds. The summed E-state index contributed by atoms with van der Waals surface area (Å²) in [7, 11) is -3.74. The summed E-state index contributed by atoms with van der Waals surface area (Å²) in [5.41, 5.74) is 0. The maximum Gasteiger partial charge on any atom is 0.317 e. The third-order valence-electron chi connectivity index (χ3n) is 0.316. The number of halogens is 3. The lowest BCUT2D eigenvalue weighted by molar-refractivity contribution is 0.392. The first-order valence-electron chi connectivity index (χ1n) is 1.41. The number of thiol groups is 1. The molecule has 48 valence electrons. The standard InChI is InChI=1S/C2HF3O2S/c3-1(4)2(5)8(6)7/h8H. The molecule has 0 rings (SSSR count). The molecule has 0 spiro atoms. The predicted octanol–water partition coefficient (Wildman–Crippen LogP) is 0.633. The van der Waals surface area contributed by atoms with Crippen molar-refractivity contribution in [2.45, 2.75) is 0 Å². The summed E-state index contributed by atoms with van der Waals surface area (Å²) < 4.78 is 51.3. The smallest absolute Gasteiger partial charge is 0.224 e. The largest absolute Gasteiger partial charge is 0.317 e. The Morgan fingerprint density at radius 1 is 1.12 bits per heavy atom. The van der Waals surface area contributed by atoms with Gasteiger partial charge < -0.3 is 0 Å². The minimum Gasteiger partial charge on any atom is -0.224 e. The molecule has 0 saturated heterocycles. The van der Waals surface area contributed by atoms with E-state index in [1.54, 1.807) is 0 Å². The van der Waals surface area contributed by atoms with Crippen molar-refractivity contribution >= 4 is 10.7 Å². The first-order valence-corrected chi connectivity index (χ1v) is 2.58. The molecule has 0 aromatic heterocycles. The minimum atomic E-state index is -3.74. The van der Waals surface area contributed by atoms with E-state index in [4.69, 9.17) is 0 Å². The fraction of sp³-hybridized carbons (Fsp3) is 0. The van der Waals surface area contributed by atoms with Gasteiger partial charge in [-0.15, -0.1) is 0 Å². The van der Waals surface area contributed by atoms with Crippen LogP contribution in [0.5, 0.6) is 0 Å². The molecule has 2 nitrogen and oxygen atoms in total. The first-order chi connectivity index (χ1) is 3.55. The van der Waals surface area contributed by atoms with Gasteiger partial charge in [-0.25, -0.2) is 8.42 Å². The molecule has 6 heteroatoms. The van der Waals surface area contributed by atoms with Crippen LogP contribution in [0, 0.1) is 0 Å². The highest BCUT2D eigenvalue weighted by molar-refractivity contribution is 7.76. The van der Waals surface area contributed by atoms with Crippen LogP contribution < -0.4 is 0 Å². The van der Waals surface area contributed by atoms with Gasteiger partial charge in [0.05, 0.1) is 0 Å². The summed E-state index contributed by atoms with van der Waals surface area (Å²) in [5.74, 6) is 0. The van der Waals surface area contributed by atoms with Crippen molar-refractivity contribution in [2.24, 2.45) is 0 Å². The average molecular weight is 146 g/mol. The second kappa shape index (κ2) is 2.71. The summed E-state index contributed by atoms with van der Waals surface area (Å²) in [6, 6.07) is 0. The Labute approximate surface area is 44.6 Å². The molecule has 0 atom stereocenters. The van der Waals surface area contributed by atoms with Crippen LogP contribution in [-0.4, -0.2) is 8.42 Å². The van der Waals surface area contributed by atoms with Gasteiger partial charge in [-0.1, -0.05) is 0 Å². The quantitative estimate of drug-likeness (QED) is 0.550. The molecule has 0 aliphatic rings. The van der Waals surface area contributed by atoms with Crippen LogP contribution in [0.15, 0.2) is 11.2 Å². The van der Waals surface area contributed by atoms with Gasteiger partial charge in [-0.3, -0.25) is 0 Å². The molecule has 0 bridgehead atoms. The zero-order valence-electron chi connectivity index (χ0n) is 3.40. The van der Waals surface area contributed by atoms with E-state index >= 15 is 0 Å². The van der Waals surface area contributed by atoms with Gasteiger partial charge in [0.15, 0.2) is 0 Å². The molecule has 0 N–H and O–H groups in total. The molecule has 0 unspecified atom stereocenters. The molecule has 0 fully saturated rings. The second-order valence-corrected chi connectivity index (χ2v) is 1.72. The van der Waals surface area contributed by atoms with E-state index in [-0.39, 0.29) is 0 Å². The number of hydrogen-bond donors (Lipinski definition) is 1. The summed E-state index contributed by atoms with van der Waals surface area (Å²) in [5, 5.41) is -2.36. The fourth-order valence-electron chi connectivity index (χ4n) is 0.0690. The first kappa shape index (κ1) is 7.48. The summed E-state index contributed by atoms with van der Waals surface area (Å²) in [4.78, 5) is 0. The van der Waals surface area contributed by atoms with Gasteiger partial charge >= 0.3 is 6.08 Å². The molecule has 0 aliphatic carbocycles. The molecule has 0 saturated carbocycles. The SMILES string of the molecule is O=[SH](=O)C(F)=C(F)F. The van der Waals surface area contributed by atoms with Crippen molar-refractivity contribution in [2.75, 3.05) is 0 Å². The Morgan fingerprint density at radius 3 is 1.50 bits per heavy atom. The molecule has 0 heterocycles. The Bertz CT molecular complexity index is 170. The van der Waals surface area contributed by atoms with Gasteiger partial charge in [0.2, 0.25) is 10.7 Å². The average Bonchev–Trinajstić information content (AvgIpc) is 1.64. The molecule has 0 radical (unpaired) electrons. The maximum absolute atomic E-state index is 11.2. The Kier molecular flexibility index (Phi) is 2.53. The monoisotopic (exact) mass is 146 g/mol. The Hall–Kier alpha value is -0.520. The van der Waals surface area contributed by atoms with Crippen molar-refractivity contribution < 1.29 is 21.6 Å². The summed E-state index contributed by atoms with van der Waals surface area (Å²) in [6.07, 6.45) is -2.80. The van der Waals surface area contributed by atoms with E-state index in [1.807, 2.05) is 0 Å². The highest BCUT2D eigenvalue weighted by atomic mass is 32.2. The van der Waals surface area contributed by atoms with E-state index in [9.17, 15) is 21.6 Å². The van der Waals surface area contributed by atoms with Crippen LogP contribution in [0.2, 0.25) is 0 Å². The summed E-state index contributed by atoms with van der Waals surface area (Å²) in [6.45, 7) is 0. The van der Waals surface area contributed by atoms with E-state index in [0.717, 1.165) is 0 Å². The van der Waals surface area contributed by atoms with Crippen molar-refractivity contribution in [3.05, 3.63) is 11.2 Å². The van der Waals surface area contributed by atoms with Crippen molar-refractivity contribution in [1.29, 1.82) is 0 Å². The second-order valence-electron chi connectivity index (χ2n) is 0.808. The molecule has 8 heavy (non-hydrogen) atoms. The van der Waals surface area contributed by atoms with Crippen molar-refractivity contribution in [1.82, 2.24) is 0 Å². The van der Waals surface area contributed by atoms with E-state index < -0.39 is 21.9 Å². The lowest BCUT2D eigenvalue weighted by atomic mass is 11.1. The van der Waals surface area contributed by atoms with Gasteiger partial charge in [0, 0.05) is 0 Å². The van der Waals surface area contributed by atoms with Crippen LogP contribution in [0.1, 0.15) is 0 Å². The van der Waals surface area contributed by atoms with E-state index in [0.29, 0.717) is 0 Å². The van der Waals surface area contributed by atoms with Gasteiger partial charge in [-0.05, 0) is 0 Å². The van der Waals surface area contributed by atoms with E-state index in [2.05, 4.69) is 0 Å². The lowest BCUT2D eigenvalue weighted by Crippen LogP contribution is -1.76. The molecule has 0 aromatic carbocycles. The summed E-state index contributed by atoms with van der Waals surface area (Å²) >= 11 is 0. The van der Waals surface area contributed by atoms with Crippen molar-refractivity contribution in [3.63, 3.8) is 0 Å². The van der Waals surface area contributed by atoms with Crippen LogP contribution in [0.4, 0.5) is 13.2 Å². The predicted molar refractivity (Wildman–Crippen MR) is 20.7 cm³/mol. The fourth-order valence-corrected chi connectivity index (χ4v) is 0.207. The topological polar surface area (TPSA) is 34.1 Å². The van der Waals surface area contributed by atoms with E-state index in [1.165, 1.54) is 0 Å². The van der Waals surface area contributed by atoms with Crippen molar-refractivity contribution in [3.8, 4) is 0 Å². The Morgan fingerprint density at radius 2 is 1.50 bits per heavy atom. The highest BCUT2D eigenvalue weighted by Gasteiger charge is 2.05. The third kappa shape index (κ3) is 1.97. The van der Waals surface area contributed by atoms with Gasteiger partial charge in [0.1, 0.15) is 0 Å². The van der Waals surface area contributed by atoms with Crippen LogP contribution >= 0.6 is 0 Å². The van der Waals surface area contributed by atoms with Crippen LogP contribution in [-0.2, 0) is 10.7 Å². The zero-order valence-corrected chi connectivity index (χ0v) is 4.29. The van der Waals surface area contributed by atoms with Crippen LogP contribution in [0.25, 0.3) is 0 Å². The maximum atomic E-state index is 11.2. The molecular formula is C2HF3O2S. The zero-order chi connectivity index (χ0) is 6.73. The number of rotatable bonds is 1. The lowest BCUT2D eigenvalue weighted by Gasteiger charge is -1.75. The minimum absolute atomic E-state index is 2.36. The van der Waals surface area contributed by atoms with Gasteiger partial charge in [-0.2, -0.15) is 13.2 Å². The Balaban J connectivity index is 4.48. The molecular weight excluding hydrogens is 145 g/mol. The normalized spacial score (nSPS) is 9.50. The molecule has 0 aromatic rings.